The molecule has 0 spiro atoms. The second-order valence-corrected chi connectivity index (χ2v) is 19.3. The van der Waals surface area contributed by atoms with Gasteiger partial charge in [-0.3, -0.25) is 13.8 Å². The molecule has 2 atom stereocenters. The Morgan fingerprint density at radius 3 is 1.34 bits per heavy atom. The number of carbonyl (C=O) groups excluding carboxylic acids is 1. The normalized spacial score (nSPS) is 14.5. The van der Waals surface area contributed by atoms with Crippen molar-refractivity contribution in [2.75, 3.05) is 54.1 Å². The third kappa shape index (κ3) is 52.0. The molecule has 0 aliphatic heterocycles. The second-order valence-electron chi connectivity index (χ2n) is 17.8. The van der Waals surface area contributed by atoms with Crippen LogP contribution in [0.1, 0.15) is 181 Å². The number of unbranched alkanes of at least 4 members (excludes halogenated alkanes) is 14. The van der Waals surface area contributed by atoms with Crippen molar-refractivity contribution < 1.29 is 37.3 Å². The summed E-state index contributed by atoms with van der Waals surface area (Å²) in [5.74, 6) is -0.338. The number of quaternary nitrogens is 1. The molecule has 0 heterocycles. The summed E-state index contributed by atoms with van der Waals surface area (Å²) in [6, 6.07) is 0. The molecule has 372 valence electrons. The highest BCUT2D eigenvalue weighted by Crippen LogP contribution is 2.43. The Hall–Kier alpha value is -2.84. The van der Waals surface area contributed by atoms with Gasteiger partial charge in [-0.2, -0.15) is 0 Å². The molecule has 0 amide bonds. The maximum atomic E-state index is 12.8. The minimum Gasteiger partial charge on any atom is -0.457 e. The van der Waals surface area contributed by atoms with E-state index in [1.165, 1.54) is 51.4 Å². The first-order chi connectivity index (χ1) is 31.6. The molecule has 0 bridgehead atoms. The van der Waals surface area contributed by atoms with Gasteiger partial charge in [-0.15, -0.1) is 0 Å². The van der Waals surface area contributed by atoms with E-state index < -0.39 is 13.9 Å². The number of ether oxygens (including phenoxy) is 2. The molecular weight excluding hydrogens is 830 g/mol. The molecule has 0 fully saturated rings. The predicted octanol–water partition coefficient (Wildman–Crippen LogP) is 15.9. The van der Waals surface area contributed by atoms with Crippen LogP contribution in [0.25, 0.3) is 0 Å². The molecule has 0 aromatic carbocycles. The zero-order valence-electron chi connectivity index (χ0n) is 42.2. The highest BCUT2D eigenvalue weighted by atomic mass is 31.2. The molecule has 8 nitrogen and oxygen atoms in total. The summed E-state index contributed by atoms with van der Waals surface area (Å²) in [5.41, 5.74) is 0. The van der Waals surface area contributed by atoms with Crippen molar-refractivity contribution >= 4 is 13.8 Å². The topological polar surface area (TPSA) is 91.3 Å². The minimum atomic E-state index is -4.30. The number of phosphoric ester groups is 1. The summed E-state index contributed by atoms with van der Waals surface area (Å²) in [6.07, 6.45) is 67.0. The van der Waals surface area contributed by atoms with Crippen molar-refractivity contribution in [1.82, 2.24) is 0 Å². The van der Waals surface area contributed by atoms with Gasteiger partial charge in [0.05, 0.1) is 34.4 Å². The van der Waals surface area contributed by atoms with Gasteiger partial charge in [0.15, 0.2) is 0 Å². The van der Waals surface area contributed by atoms with E-state index >= 15 is 0 Å². The van der Waals surface area contributed by atoms with Crippen LogP contribution in [0, 0.1) is 0 Å². The number of likely N-dealkylation sites (N-methyl/N-ethyl adjacent to an activating group) is 1. The molecule has 0 aromatic heterocycles. The molecule has 65 heavy (non-hydrogen) atoms. The Bertz CT molecular complexity index is 1400. The van der Waals surface area contributed by atoms with Gasteiger partial charge in [0.25, 0.3) is 0 Å². The molecule has 0 rings (SSSR count). The van der Waals surface area contributed by atoms with Gasteiger partial charge in [0, 0.05) is 13.0 Å². The van der Waals surface area contributed by atoms with Crippen LogP contribution in [0.4, 0.5) is 0 Å². The van der Waals surface area contributed by atoms with Crippen LogP contribution >= 0.6 is 7.82 Å². The van der Waals surface area contributed by atoms with Gasteiger partial charge in [-0.05, 0) is 103 Å². The maximum absolute atomic E-state index is 12.8. The zero-order chi connectivity index (χ0) is 47.6. The molecule has 0 aromatic rings. The van der Waals surface area contributed by atoms with Crippen molar-refractivity contribution in [3.63, 3.8) is 0 Å². The summed E-state index contributed by atoms with van der Waals surface area (Å²) in [7, 11) is 1.63. The number of allylic oxidation sites excluding steroid dienone is 18. The second kappa shape index (κ2) is 47.6. The van der Waals surface area contributed by atoms with E-state index in [1.54, 1.807) is 0 Å². The molecule has 0 radical (unpaired) electrons. The zero-order valence-corrected chi connectivity index (χ0v) is 43.1. The Morgan fingerprint density at radius 1 is 0.492 bits per heavy atom. The smallest absolute Gasteiger partial charge is 0.457 e. The Balaban J connectivity index is 4.26. The fourth-order valence-electron chi connectivity index (χ4n) is 6.39. The van der Waals surface area contributed by atoms with Crippen molar-refractivity contribution in [2.45, 2.75) is 187 Å². The van der Waals surface area contributed by atoms with E-state index in [9.17, 15) is 14.3 Å². The van der Waals surface area contributed by atoms with E-state index in [0.29, 0.717) is 24.1 Å². The fourth-order valence-corrected chi connectivity index (χ4v) is 7.13. The third-order valence-electron chi connectivity index (χ3n) is 10.3. The first-order valence-corrected chi connectivity index (χ1v) is 27.1. The van der Waals surface area contributed by atoms with Gasteiger partial charge in [0.2, 0.25) is 0 Å². The van der Waals surface area contributed by atoms with Crippen LogP contribution in [0.3, 0.4) is 0 Å². The minimum absolute atomic E-state index is 0.0749. The van der Waals surface area contributed by atoms with Gasteiger partial charge in [-0.25, -0.2) is 4.57 Å². The van der Waals surface area contributed by atoms with Gasteiger partial charge < -0.3 is 18.9 Å². The van der Waals surface area contributed by atoms with Crippen molar-refractivity contribution in [2.24, 2.45) is 0 Å². The van der Waals surface area contributed by atoms with E-state index in [0.717, 1.165) is 109 Å². The van der Waals surface area contributed by atoms with Gasteiger partial charge in [0.1, 0.15) is 19.3 Å². The number of hydrogen-bond acceptors (Lipinski definition) is 6. The highest BCUT2D eigenvalue weighted by Gasteiger charge is 2.26. The predicted molar refractivity (Wildman–Crippen MR) is 279 cm³/mol. The number of nitrogens with zero attached hydrogens (tertiary/aromatic N) is 1. The highest BCUT2D eigenvalue weighted by molar-refractivity contribution is 7.47. The monoisotopic (exact) mass is 927 g/mol. The summed E-state index contributed by atoms with van der Waals surface area (Å²) in [6.45, 7) is 5.39. The van der Waals surface area contributed by atoms with E-state index in [1.807, 2.05) is 21.1 Å². The van der Waals surface area contributed by atoms with E-state index in [2.05, 4.69) is 123 Å². The van der Waals surface area contributed by atoms with Crippen LogP contribution < -0.4 is 0 Å². The summed E-state index contributed by atoms with van der Waals surface area (Å²) < 4.78 is 35.1. The third-order valence-corrected chi connectivity index (χ3v) is 11.3. The molecular formula is C56H97NO7P+. The molecule has 0 saturated heterocycles. The van der Waals surface area contributed by atoms with Crippen molar-refractivity contribution in [1.29, 1.82) is 0 Å². The lowest BCUT2D eigenvalue weighted by Gasteiger charge is -2.24. The summed E-state index contributed by atoms with van der Waals surface area (Å²) >= 11 is 0. The maximum Gasteiger partial charge on any atom is 0.472 e. The summed E-state index contributed by atoms with van der Waals surface area (Å²) in [4.78, 5) is 23.0. The number of hydrogen-bond donors (Lipinski definition) is 1. The van der Waals surface area contributed by atoms with Crippen LogP contribution in [0.2, 0.25) is 0 Å². The lowest BCUT2D eigenvalue weighted by molar-refractivity contribution is -0.870. The van der Waals surface area contributed by atoms with E-state index in [4.69, 9.17) is 18.5 Å². The Morgan fingerprint density at radius 2 is 0.892 bits per heavy atom. The lowest BCUT2D eigenvalue weighted by Crippen LogP contribution is -2.37. The Labute approximate surface area is 400 Å². The quantitative estimate of drug-likeness (QED) is 0.0214. The SMILES string of the molecule is CC/C=C\C/C=C\C/C=C\C/C=C\C/C=C\C/C=C\CCCCCCCOCC(COP(=O)(O)OCC[N+](C)(C)C)OC(=O)CCCCCCCC/C=C\C/C=C\C/C=C\CCCCC. The van der Waals surface area contributed by atoms with E-state index in [-0.39, 0.29) is 25.8 Å². The number of phosphoric acid groups is 1. The molecule has 0 aliphatic carbocycles. The first kappa shape index (κ1) is 62.2. The average molecular weight is 927 g/mol. The first-order valence-electron chi connectivity index (χ1n) is 25.6. The summed E-state index contributed by atoms with van der Waals surface area (Å²) in [5, 5.41) is 0. The fraction of sp³-hybridized carbons (Fsp3) is 0.661. The van der Waals surface area contributed by atoms with Crippen LogP contribution in [-0.4, -0.2) is 75.6 Å². The number of rotatable bonds is 46. The van der Waals surface area contributed by atoms with Crippen LogP contribution in [0.15, 0.2) is 109 Å². The largest absolute Gasteiger partial charge is 0.472 e. The molecule has 0 saturated carbocycles. The molecule has 9 heteroatoms. The number of carbonyl (C=O) groups is 1. The van der Waals surface area contributed by atoms with Crippen molar-refractivity contribution in [3.05, 3.63) is 109 Å². The Kier molecular flexibility index (Phi) is 45.6. The van der Waals surface area contributed by atoms with Crippen molar-refractivity contribution in [3.8, 4) is 0 Å². The molecule has 0 aliphatic rings. The molecule has 1 N–H and O–H groups in total. The average Bonchev–Trinajstić information content (AvgIpc) is 3.27. The standard InChI is InChI=1S/C56H96NO7P/c1-6-8-10-12-14-16-18-20-22-24-26-27-28-29-30-32-34-36-38-40-42-44-46-48-51-61-53-55(54-63-65(59,60)62-52-50-57(3,4)5)64-56(58)49-47-45-43-41-39-37-35-33-31-25-23-21-19-17-15-13-11-9-7-2/h8,10,14-17,20-23,26-27,29-31,33-34,36,55H,6-7,9,11-13,18-19,24-25,28,32,35,37-54H2,1-5H3/p+1/b10-8-,16-14-,17-15-,22-20-,23-21-,27-26-,30-29-,33-31-,36-34-. The van der Waals surface area contributed by atoms with Crippen LogP contribution in [-0.2, 0) is 27.9 Å². The number of esters is 1. The van der Waals surface area contributed by atoms with Gasteiger partial charge in [-0.1, -0.05) is 181 Å². The van der Waals surface area contributed by atoms with Gasteiger partial charge >= 0.3 is 13.8 Å². The van der Waals surface area contributed by atoms with Crippen LogP contribution in [0.5, 0.6) is 0 Å². The lowest BCUT2D eigenvalue weighted by atomic mass is 10.1. The molecule has 2 unspecified atom stereocenters.